The number of nitrogens with one attached hydrogen (secondary N) is 3. The van der Waals surface area contributed by atoms with E-state index in [1.165, 1.54) is 18.4 Å². The van der Waals surface area contributed by atoms with E-state index in [1.54, 1.807) is 7.05 Å². The Balaban J connectivity index is 0.00000324. The van der Waals surface area contributed by atoms with Crippen LogP contribution in [-0.2, 0) is 17.9 Å². The minimum Gasteiger partial charge on any atom is -0.490 e. The molecule has 34 heavy (non-hydrogen) atoms. The molecular weight excluding hydrogens is 541 g/mol. The molecular formula is C26H36IN5O2. The second-order valence-corrected chi connectivity index (χ2v) is 8.85. The van der Waals surface area contributed by atoms with Crippen LogP contribution in [0, 0.1) is 6.92 Å². The highest BCUT2D eigenvalue weighted by atomic mass is 127. The van der Waals surface area contributed by atoms with E-state index in [4.69, 9.17) is 4.74 Å². The number of guanidine groups is 1. The van der Waals surface area contributed by atoms with Gasteiger partial charge in [0.1, 0.15) is 5.75 Å². The van der Waals surface area contributed by atoms with Crippen LogP contribution in [0.25, 0.3) is 0 Å². The summed E-state index contributed by atoms with van der Waals surface area (Å²) in [5, 5.41) is 9.66. The summed E-state index contributed by atoms with van der Waals surface area (Å²) in [6, 6.07) is 14.7. The number of ether oxygens (including phenoxy) is 1. The molecule has 2 fully saturated rings. The van der Waals surface area contributed by atoms with Crippen molar-refractivity contribution in [1.29, 1.82) is 0 Å². The van der Waals surface area contributed by atoms with Gasteiger partial charge in [-0.25, -0.2) is 0 Å². The van der Waals surface area contributed by atoms with Crippen LogP contribution in [0.3, 0.4) is 0 Å². The number of hydrogen-bond donors (Lipinski definition) is 3. The molecule has 3 N–H and O–H groups in total. The first-order valence-electron chi connectivity index (χ1n) is 11.9. The predicted octanol–water partition coefficient (Wildman–Crippen LogP) is 3.74. The molecule has 1 saturated carbocycles. The third-order valence-electron chi connectivity index (χ3n) is 6.29. The maximum atomic E-state index is 11.6. The minimum absolute atomic E-state index is 0. The van der Waals surface area contributed by atoms with Crippen molar-refractivity contribution in [3.63, 3.8) is 0 Å². The van der Waals surface area contributed by atoms with Crippen LogP contribution in [0.2, 0.25) is 0 Å². The van der Waals surface area contributed by atoms with Gasteiger partial charge in [-0.05, 0) is 61.9 Å². The second-order valence-electron chi connectivity index (χ2n) is 8.85. The summed E-state index contributed by atoms with van der Waals surface area (Å²) in [4.78, 5) is 18.1. The Morgan fingerprint density at radius 3 is 2.56 bits per heavy atom. The van der Waals surface area contributed by atoms with E-state index in [0.717, 1.165) is 47.9 Å². The largest absolute Gasteiger partial charge is 0.490 e. The van der Waals surface area contributed by atoms with Crippen molar-refractivity contribution in [1.82, 2.24) is 16.0 Å². The van der Waals surface area contributed by atoms with E-state index < -0.39 is 0 Å². The Bertz CT molecular complexity index is 974. The van der Waals surface area contributed by atoms with Crippen LogP contribution in [0.4, 0.5) is 5.69 Å². The van der Waals surface area contributed by atoms with Gasteiger partial charge in [0.2, 0.25) is 5.91 Å². The SMILES string of the molecule is CN=C(NCc1ccc(N2CCNC(=O)C2)cc1)NCc1ccc(C)cc1OC1CCCC1.I. The van der Waals surface area contributed by atoms with Gasteiger partial charge in [0.05, 0.1) is 12.6 Å². The Morgan fingerprint density at radius 2 is 1.85 bits per heavy atom. The molecule has 1 heterocycles. The smallest absolute Gasteiger partial charge is 0.239 e. The molecule has 0 atom stereocenters. The molecule has 4 rings (SSSR count). The summed E-state index contributed by atoms with van der Waals surface area (Å²) < 4.78 is 6.32. The Kier molecular flexibility index (Phi) is 9.86. The quantitative estimate of drug-likeness (QED) is 0.266. The average molecular weight is 578 g/mol. The highest BCUT2D eigenvalue weighted by molar-refractivity contribution is 14.0. The van der Waals surface area contributed by atoms with E-state index in [9.17, 15) is 4.79 Å². The molecule has 0 bridgehead atoms. The molecule has 0 aromatic heterocycles. The van der Waals surface area contributed by atoms with Gasteiger partial charge in [-0.3, -0.25) is 9.79 Å². The summed E-state index contributed by atoms with van der Waals surface area (Å²) in [7, 11) is 1.78. The van der Waals surface area contributed by atoms with Gasteiger partial charge in [-0.1, -0.05) is 24.3 Å². The van der Waals surface area contributed by atoms with Crippen LogP contribution in [0.5, 0.6) is 5.75 Å². The lowest BCUT2D eigenvalue weighted by atomic mass is 10.1. The van der Waals surface area contributed by atoms with Gasteiger partial charge >= 0.3 is 0 Å². The van der Waals surface area contributed by atoms with Crippen molar-refractivity contribution in [3.8, 4) is 5.75 Å². The van der Waals surface area contributed by atoms with Gasteiger partial charge in [0.25, 0.3) is 0 Å². The summed E-state index contributed by atoms with van der Waals surface area (Å²) in [5.74, 6) is 1.80. The lowest BCUT2D eigenvalue weighted by Crippen LogP contribution is -2.47. The Morgan fingerprint density at radius 1 is 1.12 bits per heavy atom. The zero-order chi connectivity index (χ0) is 23.0. The Labute approximate surface area is 219 Å². The third kappa shape index (κ3) is 7.25. The van der Waals surface area contributed by atoms with Crippen molar-refractivity contribution in [3.05, 3.63) is 59.2 Å². The molecule has 1 aliphatic carbocycles. The first-order valence-corrected chi connectivity index (χ1v) is 11.9. The van der Waals surface area contributed by atoms with Crippen LogP contribution in [0.1, 0.15) is 42.4 Å². The normalized spacial score (nSPS) is 16.6. The van der Waals surface area contributed by atoms with E-state index in [-0.39, 0.29) is 29.9 Å². The van der Waals surface area contributed by atoms with Crippen molar-refractivity contribution < 1.29 is 9.53 Å². The summed E-state index contributed by atoms with van der Waals surface area (Å²) in [6.07, 6.45) is 5.15. The number of amides is 1. The zero-order valence-electron chi connectivity index (χ0n) is 20.1. The fourth-order valence-corrected chi connectivity index (χ4v) is 4.37. The van der Waals surface area contributed by atoms with E-state index in [2.05, 4.69) is 75.2 Å². The number of hydrogen-bond acceptors (Lipinski definition) is 4. The predicted molar refractivity (Wildman–Crippen MR) is 148 cm³/mol. The molecule has 1 amide bonds. The highest BCUT2D eigenvalue weighted by Crippen LogP contribution is 2.27. The molecule has 8 heteroatoms. The van der Waals surface area contributed by atoms with Gasteiger partial charge in [-0.15, -0.1) is 24.0 Å². The minimum atomic E-state index is 0. The van der Waals surface area contributed by atoms with E-state index in [0.29, 0.717) is 32.3 Å². The molecule has 1 aliphatic heterocycles. The number of carbonyl (C=O) groups excluding carboxylic acids is 1. The average Bonchev–Trinajstić information content (AvgIpc) is 3.34. The van der Waals surface area contributed by atoms with Gasteiger partial charge < -0.3 is 25.6 Å². The molecule has 0 spiro atoms. The number of piperazine rings is 1. The van der Waals surface area contributed by atoms with Crippen LogP contribution in [0.15, 0.2) is 47.5 Å². The number of halogens is 1. The monoisotopic (exact) mass is 577 g/mol. The number of benzene rings is 2. The molecule has 2 aliphatic rings. The number of aliphatic imine (C=N–C) groups is 1. The van der Waals surface area contributed by atoms with Crippen LogP contribution in [-0.4, -0.2) is 44.7 Å². The molecule has 0 unspecified atom stereocenters. The second kappa shape index (κ2) is 12.8. The molecule has 0 radical (unpaired) electrons. The van der Waals surface area contributed by atoms with Gasteiger partial charge in [0, 0.05) is 44.5 Å². The number of anilines is 1. The summed E-state index contributed by atoms with van der Waals surface area (Å²) in [6.45, 7) is 5.37. The number of rotatable bonds is 7. The van der Waals surface area contributed by atoms with Crippen LogP contribution < -0.4 is 25.6 Å². The van der Waals surface area contributed by atoms with Gasteiger partial charge in [-0.2, -0.15) is 0 Å². The first-order chi connectivity index (χ1) is 16.1. The zero-order valence-corrected chi connectivity index (χ0v) is 22.4. The molecule has 1 saturated heterocycles. The van der Waals surface area contributed by atoms with Crippen molar-refractivity contribution in [2.24, 2.45) is 4.99 Å². The molecule has 2 aromatic rings. The summed E-state index contributed by atoms with van der Waals surface area (Å²) in [5.41, 5.74) is 4.59. The highest BCUT2D eigenvalue weighted by Gasteiger charge is 2.18. The van der Waals surface area contributed by atoms with E-state index >= 15 is 0 Å². The topological polar surface area (TPSA) is 78.0 Å². The molecule has 2 aromatic carbocycles. The fourth-order valence-electron chi connectivity index (χ4n) is 4.37. The maximum Gasteiger partial charge on any atom is 0.239 e. The first kappa shape index (κ1) is 26.1. The molecule has 184 valence electrons. The maximum absolute atomic E-state index is 11.6. The van der Waals surface area contributed by atoms with Crippen molar-refractivity contribution >= 4 is 41.5 Å². The number of aryl methyl sites for hydroxylation is 1. The van der Waals surface area contributed by atoms with Crippen molar-refractivity contribution in [2.75, 3.05) is 31.6 Å². The Hall–Kier alpha value is -2.49. The number of nitrogens with zero attached hydrogens (tertiary/aromatic N) is 2. The third-order valence-corrected chi connectivity index (χ3v) is 6.29. The number of carbonyl (C=O) groups is 1. The van der Waals surface area contributed by atoms with Crippen LogP contribution >= 0.6 is 24.0 Å². The molecule has 7 nitrogen and oxygen atoms in total. The fraction of sp³-hybridized carbons (Fsp3) is 0.462. The standard InChI is InChI=1S/C26H35N5O2.HI/c1-19-7-10-21(24(15-19)33-23-5-3-4-6-23)17-30-26(27-2)29-16-20-8-11-22(12-9-20)31-14-13-28-25(32)18-31;/h7-12,15,23H,3-6,13-14,16-18H2,1-2H3,(H,28,32)(H2,27,29,30);1H. The summed E-state index contributed by atoms with van der Waals surface area (Å²) >= 11 is 0. The van der Waals surface area contributed by atoms with Crippen molar-refractivity contribution in [2.45, 2.75) is 51.8 Å². The lowest BCUT2D eigenvalue weighted by molar-refractivity contribution is -0.120. The van der Waals surface area contributed by atoms with E-state index in [1.807, 2.05) is 0 Å². The lowest BCUT2D eigenvalue weighted by Gasteiger charge is -2.28. The van der Waals surface area contributed by atoms with Gasteiger partial charge in [0.15, 0.2) is 5.96 Å².